The van der Waals surface area contributed by atoms with Crippen LogP contribution in [0.2, 0.25) is 0 Å². The van der Waals surface area contributed by atoms with E-state index in [1.54, 1.807) is 11.0 Å². The van der Waals surface area contributed by atoms with Crippen LogP contribution in [0.3, 0.4) is 0 Å². The lowest BCUT2D eigenvalue weighted by Crippen LogP contribution is -2.40. The summed E-state index contributed by atoms with van der Waals surface area (Å²) < 4.78 is 11.2. The van der Waals surface area contributed by atoms with Crippen LogP contribution < -0.4 is 14.8 Å². The van der Waals surface area contributed by atoms with E-state index in [2.05, 4.69) is 5.32 Å². The molecule has 0 spiro atoms. The minimum atomic E-state index is -0.129. The van der Waals surface area contributed by atoms with Gasteiger partial charge in [0.15, 0.2) is 11.5 Å². The Morgan fingerprint density at radius 3 is 2.92 bits per heavy atom. The van der Waals surface area contributed by atoms with Gasteiger partial charge in [-0.3, -0.25) is 14.5 Å². The molecule has 136 valence electrons. The third-order valence-electron chi connectivity index (χ3n) is 4.68. The fourth-order valence-corrected chi connectivity index (χ4v) is 4.26. The Morgan fingerprint density at radius 2 is 2.15 bits per heavy atom. The first-order valence-electron chi connectivity index (χ1n) is 8.54. The Labute approximate surface area is 160 Å². The van der Waals surface area contributed by atoms with Crippen molar-refractivity contribution in [2.45, 2.75) is 19.3 Å². The van der Waals surface area contributed by atoms with Crippen molar-refractivity contribution in [1.29, 1.82) is 0 Å². The summed E-state index contributed by atoms with van der Waals surface area (Å²) in [6.07, 6.45) is 4.85. The zero-order valence-electron chi connectivity index (χ0n) is 14.0. The van der Waals surface area contributed by atoms with Gasteiger partial charge in [-0.2, -0.15) is 0 Å². The highest BCUT2D eigenvalue weighted by molar-refractivity contribution is 8.26. The van der Waals surface area contributed by atoms with Crippen LogP contribution in [0.25, 0.3) is 6.08 Å². The predicted molar refractivity (Wildman–Crippen MR) is 103 cm³/mol. The molecule has 2 fully saturated rings. The van der Waals surface area contributed by atoms with Crippen LogP contribution in [-0.2, 0) is 9.59 Å². The number of thioether (sulfide) groups is 1. The molecule has 2 heterocycles. The summed E-state index contributed by atoms with van der Waals surface area (Å²) in [5.74, 6) is 1.48. The first kappa shape index (κ1) is 17.4. The number of benzene rings is 1. The predicted octanol–water partition coefficient (Wildman–Crippen LogP) is 2.53. The molecule has 1 aromatic carbocycles. The van der Waals surface area contributed by atoms with Gasteiger partial charge >= 0.3 is 0 Å². The molecule has 1 aromatic rings. The van der Waals surface area contributed by atoms with Gasteiger partial charge in [0.05, 0.1) is 4.91 Å². The molecule has 26 heavy (non-hydrogen) atoms. The molecule has 0 bridgehead atoms. The van der Waals surface area contributed by atoms with Crippen molar-refractivity contribution in [1.82, 2.24) is 10.2 Å². The monoisotopic (exact) mass is 390 g/mol. The number of nitrogens with one attached hydrogen (secondary N) is 1. The van der Waals surface area contributed by atoms with Crippen molar-refractivity contribution in [3.63, 3.8) is 0 Å². The van der Waals surface area contributed by atoms with E-state index in [1.807, 2.05) is 18.2 Å². The van der Waals surface area contributed by atoms with Gasteiger partial charge in [-0.1, -0.05) is 36.5 Å². The van der Waals surface area contributed by atoms with Crippen LogP contribution >= 0.6 is 24.0 Å². The summed E-state index contributed by atoms with van der Waals surface area (Å²) in [5, 5.41) is 2.89. The first-order valence-corrected chi connectivity index (χ1v) is 9.77. The fraction of sp³-hybridized carbons (Fsp3) is 0.389. The lowest BCUT2D eigenvalue weighted by Gasteiger charge is -2.24. The second-order valence-electron chi connectivity index (χ2n) is 6.36. The van der Waals surface area contributed by atoms with E-state index in [1.165, 1.54) is 11.8 Å². The summed E-state index contributed by atoms with van der Waals surface area (Å²) in [5.41, 5.74) is 0.855. The van der Waals surface area contributed by atoms with E-state index in [4.69, 9.17) is 21.7 Å². The average Bonchev–Trinajstić information content (AvgIpc) is 3.12. The number of fused-ring (bicyclic) bond motifs is 1. The van der Waals surface area contributed by atoms with Gasteiger partial charge in [-0.25, -0.2) is 0 Å². The summed E-state index contributed by atoms with van der Waals surface area (Å²) in [7, 11) is 0. The lowest BCUT2D eigenvalue weighted by atomic mass is 9.85. The van der Waals surface area contributed by atoms with E-state index in [-0.39, 0.29) is 24.5 Å². The van der Waals surface area contributed by atoms with Crippen LogP contribution in [0.1, 0.15) is 24.8 Å². The van der Waals surface area contributed by atoms with Crippen LogP contribution in [-0.4, -0.2) is 40.9 Å². The summed E-state index contributed by atoms with van der Waals surface area (Å²) >= 11 is 6.60. The number of amides is 2. The van der Waals surface area contributed by atoms with E-state index < -0.39 is 0 Å². The van der Waals surface area contributed by atoms with Crippen LogP contribution in [0.15, 0.2) is 23.1 Å². The third kappa shape index (κ3) is 3.43. The van der Waals surface area contributed by atoms with Gasteiger partial charge in [-0.05, 0) is 36.6 Å². The minimum Gasteiger partial charge on any atom is -0.454 e. The molecule has 3 aliphatic rings. The molecule has 0 atom stereocenters. The van der Waals surface area contributed by atoms with E-state index in [9.17, 15) is 9.59 Å². The number of rotatable bonds is 5. The molecule has 1 N–H and O–H groups in total. The highest BCUT2D eigenvalue weighted by Crippen LogP contribution is 2.36. The molecule has 0 radical (unpaired) electrons. The summed E-state index contributed by atoms with van der Waals surface area (Å²) in [6.45, 7) is 1.02. The smallest absolute Gasteiger partial charge is 0.266 e. The van der Waals surface area contributed by atoms with Crippen molar-refractivity contribution >= 4 is 46.2 Å². The molecule has 8 heteroatoms. The molecular weight excluding hydrogens is 372 g/mol. The van der Waals surface area contributed by atoms with Gasteiger partial charge in [0, 0.05) is 19.0 Å². The molecule has 0 aromatic heterocycles. The van der Waals surface area contributed by atoms with Gasteiger partial charge in [0.1, 0.15) is 4.32 Å². The van der Waals surface area contributed by atoms with Crippen molar-refractivity contribution in [2.75, 3.05) is 19.9 Å². The average molecular weight is 390 g/mol. The van der Waals surface area contributed by atoms with Gasteiger partial charge < -0.3 is 14.8 Å². The lowest BCUT2D eigenvalue weighted by molar-refractivity contribution is -0.128. The third-order valence-corrected chi connectivity index (χ3v) is 6.06. The second kappa shape index (κ2) is 7.28. The summed E-state index contributed by atoms with van der Waals surface area (Å²) in [4.78, 5) is 26.6. The Morgan fingerprint density at radius 1 is 1.35 bits per heavy atom. The molecule has 1 aliphatic carbocycles. The number of nitrogens with zero attached hydrogens (tertiary/aromatic N) is 1. The van der Waals surface area contributed by atoms with Crippen molar-refractivity contribution in [3.8, 4) is 11.5 Å². The van der Waals surface area contributed by atoms with Gasteiger partial charge in [0.2, 0.25) is 12.7 Å². The topological polar surface area (TPSA) is 67.9 Å². The molecule has 4 rings (SSSR count). The maximum atomic E-state index is 12.6. The minimum absolute atomic E-state index is 0.0811. The zero-order valence-corrected chi connectivity index (χ0v) is 15.7. The number of thiocarbonyl (C=S) groups is 1. The molecular formula is C18H18N2O4S2. The maximum absolute atomic E-state index is 12.6. The number of hydrogen-bond acceptors (Lipinski definition) is 6. The zero-order chi connectivity index (χ0) is 18.1. The standard InChI is InChI=1S/C18H18N2O4S2/c21-16(12-2-1-3-12)19-6-7-20-17(22)15(26-18(20)25)9-11-4-5-13-14(8-11)24-10-23-13/h4-5,8-9,12H,1-3,6-7,10H2,(H,19,21). The highest BCUT2D eigenvalue weighted by Gasteiger charge is 2.32. The Hall–Kier alpha value is -2.06. The molecule has 0 unspecified atom stereocenters. The largest absolute Gasteiger partial charge is 0.454 e. The molecule has 2 amide bonds. The maximum Gasteiger partial charge on any atom is 0.266 e. The van der Waals surface area contributed by atoms with Crippen molar-refractivity contribution < 1.29 is 19.1 Å². The Kier molecular flexibility index (Phi) is 4.86. The SMILES string of the molecule is O=C(NCCN1C(=O)C(=Cc2ccc3c(c2)OCO3)SC1=S)C1CCC1. The van der Waals surface area contributed by atoms with Crippen LogP contribution in [0.4, 0.5) is 0 Å². The van der Waals surface area contributed by atoms with E-state index in [0.717, 1.165) is 24.8 Å². The molecule has 1 saturated carbocycles. The number of carbonyl (C=O) groups is 2. The summed E-state index contributed by atoms with van der Waals surface area (Å²) in [6, 6.07) is 5.54. The highest BCUT2D eigenvalue weighted by atomic mass is 32.2. The van der Waals surface area contributed by atoms with E-state index in [0.29, 0.717) is 33.8 Å². The first-order chi connectivity index (χ1) is 12.6. The Balaban J connectivity index is 1.37. The van der Waals surface area contributed by atoms with Crippen LogP contribution in [0.5, 0.6) is 11.5 Å². The molecule has 6 nitrogen and oxygen atoms in total. The van der Waals surface area contributed by atoms with Crippen molar-refractivity contribution in [2.24, 2.45) is 5.92 Å². The van der Waals surface area contributed by atoms with E-state index >= 15 is 0 Å². The fourth-order valence-electron chi connectivity index (χ4n) is 2.95. The number of carbonyl (C=O) groups excluding carboxylic acids is 2. The Bertz CT molecular complexity index is 804. The quantitative estimate of drug-likeness (QED) is 0.616. The van der Waals surface area contributed by atoms with Gasteiger partial charge in [-0.15, -0.1) is 0 Å². The number of hydrogen-bond donors (Lipinski definition) is 1. The second-order valence-corrected chi connectivity index (χ2v) is 8.04. The van der Waals surface area contributed by atoms with Crippen molar-refractivity contribution in [3.05, 3.63) is 28.7 Å². The molecule has 1 saturated heterocycles. The van der Waals surface area contributed by atoms with Crippen LogP contribution in [0, 0.1) is 5.92 Å². The number of ether oxygens (including phenoxy) is 2. The molecule has 2 aliphatic heterocycles. The normalized spacial score (nSPS) is 20.6. The van der Waals surface area contributed by atoms with Gasteiger partial charge in [0.25, 0.3) is 5.91 Å².